The van der Waals surface area contributed by atoms with E-state index in [1.165, 1.54) is 30.6 Å². The number of imidazole rings is 1. The number of H-pyrrole nitrogens is 2. The van der Waals surface area contributed by atoms with E-state index in [1.807, 2.05) is 0 Å². The van der Waals surface area contributed by atoms with Gasteiger partial charge in [0, 0.05) is 17.7 Å². The van der Waals surface area contributed by atoms with Crippen molar-refractivity contribution in [3.63, 3.8) is 0 Å². The van der Waals surface area contributed by atoms with Crippen molar-refractivity contribution in [3.05, 3.63) is 70.8 Å². The van der Waals surface area contributed by atoms with Crippen LogP contribution in [0.3, 0.4) is 0 Å². The van der Waals surface area contributed by atoms with Crippen LogP contribution in [0.5, 0.6) is 0 Å². The van der Waals surface area contributed by atoms with Crippen LogP contribution in [0.4, 0.5) is 9.57 Å². The Morgan fingerprint density at radius 3 is 2.61 bits per heavy atom. The van der Waals surface area contributed by atoms with Crippen molar-refractivity contribution in [1.82, 2.24) is 19.9 Å². The van der Waals surface area contributed by atoms with Crippen LogP contribution in [0.15, 0.2) is 64.5 Å². The Hall–Kier alpha value is -3.86. The lowest BCUT2D eigenvalue weighted by atomic mass is 10.1. The lowest BCUT2D eigenvalue weighted by Gasteiger charge is -2.07. The minimum Gasteiger partial charge on any atom is -0.332 e. The topological polar surface area (TPSA) is 138 Å². The van der Waals surface area contributed by atoms with Crippen molar-refractivity contribution < 1.29 is 17.1 Å². The summed E-state index contributed by atoms with van der Waals surface area (Å²) in [6.45, 7) is 0. The monoisotopic (exact) mass is 441 g/mol. The molecule has 4 aromatic rings. The summed E-state index contributed by atoms with van der Waals surface area (Å²) in [6.07, 6.45) is 1.78. The normalized spacial score (nSPS) is 11.5. The van der Waals surface area contributed by atoms with E-state index in [9.17, 15) is 21.9 Å². The summed E-state index contributed by atoms with van der Waals surface area (Å²) >= 11 is 0. The third-order valence-electron chi connectivity index (χ3n) is 4.56. The van der Waals surface area contributed by atoms with Gasteiger partial charge in [0.25, 0.3) is 5.56 Å². The average molecular weight is 441 g/mol. The molecule has 0 aliphatic heterocycles. The number of anilines is 1. The van der Waals surface area contributed by atoms with E-state index in [1.54, 1.807) is 24.3 Å². The van der Waals surface area contributed by atoms with Gasteiger partial charge in [-0.3, -0.25) is 9.59 Å². The highest BCUT2D eigenvalue weighted by Crippen LogP contribution is 2.21. The first-order valence-electron chi connectivity index (χ1n) is 9.17. The van der Waals surface area contributed by atoms with Crippen molar-refractivity contribution in [3.8, 4) is 11.4 Å². The largest absolute Gasteiger partial charge is 0.332 e. The van der Waals surface area contributed by atoms with E-state index in [4.69, 9.17) is 0 Å². The minimum atomic E-state index is -4.74. The number of amides is 1. The molecule has 0 aliphatic carbocycles. The fourth-order valence-corrected chi connectivity index (χ4v) is 3.48. The van der Waals surface area contributed by atoms with Crippen LogP contribution in [0.25, 0.3) is 22.6 Å². The molecule has 2 heterocycles. The molecule has 0 spiro atoms. The summed E-state index contributed by atoms with van der Waals surface area (Å²) in [5.74, 6) is 0.195. The summed E-state index contributed by atoms with van der Waals surface area (Å²) in [5.41, 5.74) is 2.14. The Morgan fingerprint density at radius 2 is 1.90 bits per heavy atom. The maximum atomic E-state index is 12.9. The first-order valence-corrected chi connectivity index (χ1v) is 10.6. The zero-order valence-corrected chi connectivity index (χ0v) is 16.7. The van der Waals surface area contributed by atoms with Crippen molar-refractivity contribution in [2.45, 2.75) is 17.7 Å². The summed E-state index contributed by atoms with van der Waals surface area (Å²) in [6, 6.07) is 12.2. The Morgan fingerprint density at radius 1 is 1.13 bits per heavy atom. The highest BCUT2D eigenvalue weighted by molar-refractivity contribution is 7.86. The number of carbonyl (C=O) groups excluding carboxylic acids is 1. The number of aromatic amines is 2. The Kier molecular flexibility index (Phi) is 5.34. The summed E-state index contributed by atoms with van der Waals surface area (Å²) in [7, 11) is -4.74. The molecule has 0 bridgehead atoms. The zero-order valence-electron chi connectivity index (χ0n) is 15.9. The fraction of sp³-hybridized carbons (Fsp3) is 0.100. The Balaban J connectivity index is 1.43. The van der Waals surface area contributed by atoms with Crippen LogP contribution >= 0.6 is 0 Å². The lowest BCUT2D eigenvalue weighted by molar-refractivity contribution is -0.116. The van der Waals surface area contributed by atoms with Gasteiger partial charge in [0.15, 0.2) is 11.2 Å². The molecule has 11 heteroatoms. The highest BCUT2D eigenvalue weighted by atomic mass is 32.3. The second kappa shape index (κ2) is 8.11. The number of nitrogens with zero attached hydrogens (tertiary/aromatic N) is 2. The Bertz CT molecular complexity index is 1430. The summed E-state index contributed by atoms with van der Waals surface area (Å²) < 4.78 is 34.6. The highest BCUT2D eigenvalue weighted by Gasteiger charge is 2.12. The van der Waals surface area contributed by atoms with Gasteiger partial charge in [0.1, 0.15) is 5.82 Å². The van der Waals surface area contributed by atoms with Gasteiger partial charge in [-0.15, -0.1) is 3.89 Å². The van der Waals surface area contributed by atoms with Crippen LogP contribution < -0.4 is 10.9 Å². The van der Waals surface area contributed by atoms with Crippen molar-refractivity contribution in [2.24, 2.45) is 0 Å². The van der Waals surface area contributed by atoms with Gasteiger partial charge < -0.3 is 15.3 Å². The van der Waals surface area contributed by atoms with Crippen molar-refractivity contribution >= 4 is 33.0 Å². The number of hydrogen-bond acceptors (Lipinski definition) is 6. The smallest absolute Gasteiger partial charge is 0.332 e. The minimum absolute atomic E-state index is 0.149. The molecule has 2 aromatic carbocycles. The second-order valence-corrected chi connectivity index (χ2v) is 8.07. The first-order chi connectivity index (χ1) is 14.8. The molecule has 4 rings (SSSR count). The molecule has 0 saturated heterocycles. The molecule has 0 aliphatic rings. The van der Waals surface area contributed by atoms with Gasteiger partial charge in [-0.05, 0) is 36.2 Å². The predicted octanol–water partition coefficient (Wildman–Crippen LogP) is 2.54. The molecule has 158 valence electrons. The van der Waals surface area contributed by atoms with Gasteiger partial charge in [-0.25, -0.2) is 9.97 Å². The number of benzene rings is 2. The molecule has 1 amide bonds. The lowest BCUT2D eigenvalue weighted by Crippen LogP contribution is -2.12. The van der Waals surface area contributed by atoms with Crippen LogP contribution in [0.2, 0.25) is 0 Å². The zero-order chi connectivity index (χ0) is 22.0. The van der Waals surface area contributed by atoms with Crippen molar-refractivity contribution in [2.75, 3.05) is 5.32 Å². The molecule has 9 nitrogen and oxygen atoms in total. The average Bonchev–Trinajstić information content (AvgIpc) is 3.18. The van der Waals surface area contributed by atoms with E-state index >= 15 is 0 Å². The van der Waals surface area contributed by atoms with E-state index in [-0.39, 0.29) is 23.4 Å². The molecule has 0 unspecified atom stereocenters. The van der Waals surface area contributed by atoms with E-state index in [0.717, 1.165) is 0 Å². The van der Waals surface area contributed by atoms with Gasteiger partial charge in [0.2, 0.25) is 5.91 Å². The SMILES string of the molecule is O=C(CCc1ccc(S(=O)(=O)F)cc1)Nc1cccc(-c2nc3nc[nH]c(=O)c3[nH]2)c1. The standard InChI is InChI=1S/C20H16FN5O4S/c21-31(29,30)15-7-4-12(5-8-15)6-9-16(27)24-14-3-1-2-13(10-14)18-25-17-19(26-18)22-11-23-20(17)28/h1-5,7-8,10-11H,6,9H2,(H,24,27)(H2,22,23,25,26,28). The predicted molar refractivity (Wildman–Crippen MR) is 112 cm³/mol. The number of halogens is 1. The molecule has 0 saturated carbocycles. The van der Waals surface area contributed by atoms with Crippen LogP contribution in [-0.2, 0) is 21.4 Å². The number of nitrogens with one attached hydrogen (secondary N) is 3. The third-order valence-corrected chi connectivity index (χ3v) is 5.39. The fourth-order valence-electron chi connectivity index (χ4n) is 3.02. The Labute approximate surface area is 175 Å². The number of carbonyl (C=O) groups is 1. The van der Waals surface area contributed by atoms with Crippen LogP contribution in [0.1, 0.15) is 12.0 Å². The van der Waals surface area contributed by atoms with E-state index in [0.29, 0.717) is 34.7 Å². The third kappa shape index (κ3) is 4.67. The maximum absolute atomic E-state index is 12.9. The number of hydrogen-bond donors (Lipinski definition) is 3. The van der Waals surface area contributed by atoms with Gasteiger partial charge in [0.05, 0.1) is 11.2 Å². The number of aromatic nitrogens is 4. The van der Waals surface area contributed by atoms with Gasteiger partial charge in [-0.2, -0.15) is 8.42 Å². The molecular weight excluding hydrogens is 425 g/mol. The molecule has 0 atom stereocenters. The maximum Gasteiger partial charge on any atom is 0.332 e. The van der Waals surface area contributed by atoms with Crippen LogP contribution in [0, 0.1) is 0 Å². The van der Waals surface area contributed by atoms with Crippen molar-refractivity contribution in [1.29, 1.82) is 0 Å². The first kappa shape index (κ1) is 20.4. The van der Waals surface area contributed by atoms with E-state index < -0.39 is 15.1 Å². The van der Waals surface area contributed by atoms with E-state index in [2.05, 4.69) is 25.3 Å². The van der Waals surface area contributed by atoms with Gasteiger partial charge >= 0.3 is 10.2 Å². The molecule has 0 fully saturated rings. The number of rotatable bonds is 6. The molecule has 3 N–H and O–H groups in total. The molecular formula is C20H16FN5O4S. The van der Waals surface area contributed by atoms with Crippen LogP contribution in [-0.4, -0.2) is 34.3 Å². The summed E-state index contributed by atoms with van der Waals surface area (Å²) in [4.78, 5) is 37.4. The quantitative estimate of drug-likeness (QED) is 0.393. The molecule has 31 heavy (non-hydrogen) atoms. The molecule has 0 radical (unpaired) electrons. The summed E-state index contributed by atoms with van der Waals surface area (Å²) in [5, 5.41) is 2.78. The van der Waals surface area contributed by atoms with Gasteiger partial charge in [-0.1, -0.05) is 24.3 Å². The second-order valence-electron chi connectivity index (χ2n) is 6.73. The number of aryl methyl sites for hydroxylation is 1. The molecule has 2 aromatic heterocycles. The number of fused-ring (bicyclic) bond motifs is 1.